The summed E-state index contributed by atoms with van der Waals surface area (Å²) in [5, 5.41) is 13.4. The number of rotatable bonds is 12. The van der Waals surface area contributed by atoms with Crippen LogP contribution in [-0.4, -0.2) is 58.0 Å². The van der Waals surface area contributed by atoms with Crippen molar-refractivity contribution >= 4 is 11.5 Å². The summed E-state index contributed by atoms with van der Waals surface area (Å²) in [6.45, 7) is 2.66. The number of aliphatic hydroxyl groups is 1. The van der Waals surface area contributed by atoms with E-state index in [1.54, 1.807) is 12.1 Å². The van der Waals surface area contributed by atoms with Gasteiger partial charge in [-0.2, -0.15) is 0 Å². The van der Waals surface area contributed by atoms with E-state index in [0.29, 0.717) is 42.4 Å². The molecule has 4 N–H and O–H groups in total. The minimum Gasteiger partial charge on any atom is -0.493 e. The molecule has 0 aliphatic heterocycles. The summed E-state index contributed by atoms with van der Waals surface area (Å²) in [7, 11) is 4.59. The van der Waals surface area contributed by atoms with Gasteiger partial charge in [0.25, 0.3) is 0 Å². The van der Waals surface area contributed by atoms with E-state index in [0.717, 1.165) is 0 Å². The maximum absolute atomic E-state index is 12.3. The van der Waals surface area contributed by atoms with Gasteiger partial charge >= 0.3 is 0 Å². The largest absolute Gasteiger partial charge is 0.493 e. The molecule has 1 aromatic rings. The molecule has 1 aromatic carbocycles. The van der Waals surface area contributed by atoms with Gasteiger partial charge in [0.05, 0.1) is 39.7 Å². The summed E-state index contributed by atoms with van der Waals surface area (Å²) in [4.78, 5) is 12.3. The topological polar surface area (TPSA) is 106 Å². The number of hydrogen-bond donors (Lipinski definition) is 3. The highest BCUT2D eigenvalue weighted by molar-refractivity contribution is 5.84. The third-order valence-corrected chi connectivity index (χ3v) is 3.88. The molecule has 0 saturated carbocycles. The van der Waals surface area contributed by atoms with Crippen LogP contribution in [0.3, 0.4) is 0 Å². The Morgan fingerprint density at radius 2 is 1.84 bits per heavy atom. The van der Waals surface area contributed by atoms with Crippen LogP contribution in [0, 0.1) is 0 Å². The smallest absolute Gasteiger partial charge is 0.203 e. The van der Waals surface area contributed by atoms with E-state index in [1.165, 1.54) is 26.3 Å². The van der Waals surface area contributed by atoms with Crippen molar-refractivity contribution in [2.45, 2.75) is 25.8 Å². The van der Waals surface area contributed by atoms with Gasteiger partial charge in [-0.05, 0) is 6.42 Å². The molecule has 0 bridgehead atoms. The van der Waals surface area contributed by atoms with Crippen LogP contribution in [0.4, 0.5) is 5.69 Å². The van der Waals surface area contributed by atoms with Gasteiger partial charge in [-0.1, -0.05) is 6.92 Å². The number of methoxy groups -OCH3 is 3. The Bertz CT molecular complexity index is 528. The molecule has 142 valence electrons. The molecule has 1 atom stereocenters. The number of hydrogen-bond acceptors (Lipinski definition) is 8. The first-order valence-corrected chi connectivity index (χ1v) is 8.21. The summed E-state index contributed by atoms with van der Waals surface area (Å²) < 4.78 is 15.9. The Balaban J connectivity index is 2.80. The number of Topliss-reactive ketones (excluding diaryl/α,β-unsaturated/α-hetero) is 1. The van der Waals surface area contributed by atoms with Crippen molar-refractivity contribution in [3.8, 4) is 17.2 Å². The predicted octanol–water partition coefficient (Wildman–Crippen LogP) is 0.712. The number of nitrogens with zero attached hydrogens (tertiary/aromatic N) is 1. The molecule has 1 unspecified atom stereocenters. The number of nitrogens with two attached hydrogens (primary N) is 1. The Hall–Kier alpha value is -2.03. The van der Waals surface area contributed by atoms with Crippen LogP contribution in [-0.2, 0) is 4.79 Å². The molecule has 0 spiro atoms. The second-order valence-corrected chi connectivity index (χ2v) is 5.43. The van der Waals surface area contributed by atoms with Crippen molar-refractivity contribution in [1.29, 1.82) is 0 Å². The molecular formula is C17H29N3O5. The van der Waals surface area contributed by atoms with Crippen molar-refractivity contribution in [3.63, 3.8) is 0 Å². The standard InChI is InChI=1S/C17H29N3O5/c1-5-13(19-7-9-21)14(22)6-8-20(18)12-10-15(23-2)17(25-4)16(11-12)24-3/h10-11,13,19,21H,5-9,18H2,1-4H3. The summed E-state index contributed by atoms with van der Waals surface area (Å²) in [5.41, 5.74) is 0.652. The van der Waals surface area contributed by atoms with Gasteiger partial charge in [-0.15, -0.1) is 0 Å². The van der Waals surface area contributed by atoms with Crippen LogP contribution in [0.2, 0.25) is 0 Å². The first kappa shape index (κ1) is 21.0. The average Bonchev–Trinajstić information content (AvgIpc) is 2.65. The van der Waals surface area contributed by atoms with Gasteiger partial charge in [0.15, 0.2) is 17.3 Å². The molecule has 8 heteroatoms. The molecule has 0 fully saturated rings. The fraction of sp³-hybridized carbons (Fsp3) is 0.588. The Labute approximate surface area is 148 Å². The van der Waals surface area contributed by atoms with Crippen molar-refractivity contribution in [1.82, 2.24) is 5.32 Å². The van der Waals surface area contributed by atoms with Crippen molar-refractivity contribution in [2.24, 2.45) is 5.84 Å². The molecule has 0 amide bonds. The van der Waals surface area contributed by atoms with Gasteiger partial charge in [0.1, 0.15) is 0 Å². The summed E-state index contributed by atoms with van der Waals surface area (Å²) in [6, 6.07) is 3.18. The van der Waals surface area contributed by atoms with Gasteiger partial charge in [-0.3, -0.25) is 4.79 Å². The fourth-order valence-electron chi connectivity index (χ4n) is 2.49. The van der Waals surface area contributed by atoms with Crippen molar-refractivity contribution in [2.75, 3.05) is 46.0 Å². The number of nitrogens with one attached hydrogen (secondary N) is 1. The molecule has 0 aromatic heterocycles. The lowest BCUT2D eigenvalue weighted by Gasteiger charge is -2.22. The minimum atomic E-state index is -0.277. The van der Waals surface area contributed by atoms with Gasteiger partial charge < -0.3 is 29.6 Å². The zero-order valence-electron chi connectivity index (χ0n) is 15.4. The molecule has 0 aliphatic rings. The quantitative estimate of drug-likeness (QED) is 0.372. The van der Waals surface area contributed by atoms with Gasteiger partial charge in [0, 0.05) is 31.6 Å². The lowest BCUT2D eigenvalue weighted by Crippen LogP contribution is -2.40. The number of carbonyl (C=O) groups is 1. The Morgan fingerprint density at radius 1 is 1.24 bits per heavy atom. The molecular weight excluding hydrogens is 326 g/mol. The number of benzene rings is 1. The number of ether oxygens (including phenoxy) is 3. The highest BCUT2D eigenvalue weighted by atomic mass is 16.5. The van der Waals surface area contributed by atoms with Gasteiger partial charge in [0.2, 0.25) is 5.75 Å². The Morgan fingerprint density at radius 3 is 2.28 bits per heavy atom. The van der Waals surface area contributed by atoms with E-state index in [4.69, 9.17) is 25.2 Å². The van der Waals surface area contributed by atoms with E-state index >= 15 is 0 Å². The third kappa shape index (κ3) is 5.77. The number of carbonyl (C=O) groups excluding carboxylic acids is 1. The van der Waals surface area contributed by atoms with Crippen LogP contribution in [0.25, 0.3) is 0 Å². The maximum Gasteiger partial charge on any atom is 0.203 e. The normalized spacial score (nSPS) is 11.8. The van der Waals surface area contributed by atoms with Crippen molar-refractivity contribution < 1.29 is 24.1 Å². The lowest BCUT2D eigenvalue weighted by molar-refractivity contribution is -0.121. The second kappa shape index (κ2) is 10.8. The van der Waals surface area contributed by atoms with E-state index in [9.17, 15) is 4.79 Å². The Kier molecular flexibility index (Phi) is 9.04. The van der Waals surface area contributed by atoms with Crippen LogP contribution in [0.15, 0.2) is 12.1 Å². The third-order valence-electron chi connectivity index (χ3n) is 3.88. The van der Waals surface area contributed by atoms with E-state index in [2.05, 4.69) is 5.32 Å². The van der Waals surface area contributed by atoms with E-state index in [1.807, 2.05) is 6.92 Å². The molecule has 0 saturated heterocycles. The number of anilines is 1. The zero-order chi connectivity index (χ0) is 18.8. The minimum absolute atomic E-state index is 0.00175. The van der Waals surface area contributed by atoms with Crippen LogP contribution in [0.5, 0.6) is 17.2 Å². The summed E-state index contributed by atoms with van der Waals surface area (Å²) >= 11 is 0. The van der Waals surface area contributed by atoms with Crippen LogP contribution < -0.4 is 30.4 Å². The molecule has 0 aliphatic carbocycles. The van der Waals surface area contributed by atoms with Crippen molar-refractivity contribution in [3.05, 3.63) is 12.1 Å². The molecule has 8 nitrogen and oxygen atoms in total. The highest BCUT2D eigenvalue weighted by Crippen LogP contribution is 2.40. The van der Waals surface area contributed by atoms with E-state index < -0.39 is 0 Å². The SMILES string of the molecule is CCC(NCCO)C(=O)CCN(N)c1cc(OC)c(OC)c(OC)c1. The summed E-state index contributed by atoms with van der Waals surface area (Å²) in [6.07, 6.45) is 0.942. The molecule has 1 rings (SSSR count). The fourth-order valence-corrected chi connectivity index (χ4v) is 2.49. The lowest BCUT2D eigenvalue weighted by atomic mass is 10.1. The second-order valence-electron chi connectivity index (χ2n) is 5.43. The van der Waals surface area contributed by atoms with Crippen LogP contribution in [0.1, 0.15) is 19.8 Å². The first-order valence-electron chi connectivity index (χ1n) is 8.21. The maximum atomic E-state index is 12.3. The van der Waals surface area contributed by atoms with Crippen LogP contribution >= 0.6 is 0 Å². The number of ketones is 1. The first-order chi connectivity index (χ1) is 12.0. The summed E-state index contributed by atoms with van der Waals surface area (Å²) in [5.74, 6) is 7.62. The predicted molar refractivity (Wildman–Crippen MR) is 96.4 cm³/mol. The zero-order valence-corrected chi connectivity index (χ0v) is 15.4. The number of hydrazine groups is 1. The number of aliphatic hydroxyl groups excluding tert-OH is 1. The molecule has 0 radical (unpaired) electrons. The monoisotopic (exact) mass is 355 g/mol. The van der Waals surface area contributed by atoms with E-state index in [-0.39, 0.29) is 24.9 Å². The highest BCUT2D eigenvalue weighted by Gasteiger charge is 2.18. The van der Waals surface area contributed by atoms with Gasteiger partial charge in [-0.25, -0.2) is 5.84 Å². The molecule has 0 heterocycles. The molecule has 25 heavy (non-hydrogen) atoms. The average molecular weight is 355 g/mol.